The summed E-state index contributed by atoms with van der Waals surface area (Å²) in [5.74, 6) is 1.95. The van der Waals surface area contributed by atoms with Crippen molar-refractivity contribution in [3.63, 3.8) is 0 Å². The van der Waals surface area contributed by atoms with E-state index in [9.17, 15) is 0 Å². The summed E-state index contributed by atoms with van der Waals surface area (Å²) in [6.07, 6.45) is 7.55. The molecule has 7 heteroatoms. The zero-order chi connectivity index (χ0) is 18.6. The van der Waals surface area contributed by atoms with Crippen LogP contribution in [0.15, 0.2) is 35.1 Å². The van der Waals surface area contributed by atoms with Gasteiger partial charge in [-0.1, -0.05) is 18.1 Å². The normalized spacial score (nSPS) is 14.7. The van der Waals surface area contributed by atoms with E-state index in [0.717, 1.165) is 30.0 Å². The van der Waals surface area contributed by atoms with E-state index in [4.69, 9.17) is 14.0 Å². The molecule has 2 heterocycles. The lowest BCUT2D eigenvalue weighted by molar-refractivity contribution is 0.180. The lowest BCUT2D eigenvalue weighted by atomic mass is 10.2. The molecule has 0 radical (unpaired) electrons. The number of rotatable bonds is 7. The summed E-state index contributed by atoms with van der Waals surface area (Å²) in [6.45, 7) is 2.37. The Morgan fingerprint density at radius 1 is 1.26 bits per heavy atom. The summed E-state index contributed by atoms with van der Waals surface area (Å²) in [4.78, 5) is 8.91. The molecule has 1 aromatic carbocycles. The summed E-state index contributed by atoms with van der Waals surface area (Å²) >= 11 is 0. The van der Waals surface area contributed by atoms with E-state index in [1.165, 1.54) is 12.8 Å². The van der Waals surface area contributed by atoms with Crippen LogP contribution in [0.4, 0.5) is 0 Å². The van der Waals surface area contributed by atoms with Crippen molar-refractivity contribution >= 4 is 0 Å². The maximum atomic E-state index is 6.14. The van der Waals surface area contributed by atoms with Crippen LogP contribution in [-0.4, -0.2) is 32.9 Å². The van der Waals surface area contributed by atoms with Gasteiger partial charge in [-0.25, -0.2) is 4.98 Å². The van der Waals surface area contributed by atoms with Crippen molar-refractivity contribution in [1.29, 1.82) is 0 Å². The molecule has 3 aromatic rings. The van der Waals surface area contributed by atoms with Crippen molar-refractivity contribution in [2.75, 3.05) is 7.11 Å². The van der Waals surface area contributed by atoms with Crippen molar-refractivity contribution in [3.05, 3.63) is 42.1 Å². The van der Waals surface area contributed by atoms with Gasteiger partial charge in [0.25, 0.3) is 5.89 Å². The highest BCUT2D eigenvalue weighted by atomic mass is 16.5. The molecule has 1 aliphatic carbocycles. The molecule has 0 atom stereocenters. The molecule has 2 aromatic heterocycles. The Labute approximate surface area is 158 Å². The number of imidazole rings is 1. The predicted octanol–water partition coefficient (Wildman–Crippen LogP) is 3.95. The largest absolute Gasteiger partial charge is 0.490 e. The van der Waals surface area contributed by atoms with Gasteiger partial charge in [-0.05, 0) is 37.8 Å². The molecule has 1 aliphatic rings. The Hall–Kier alpha value is -2.67. The first kappa shape index (κ1) is 17.7. The first-order chi connectivity index (χ1) is 13.3. The van der Waals surface area contributed by atoms with Crippen LogP contribution < -0.4 is 4.74 Å². The number of methoxy groups -OCH3 is 1. The lowest BCUT2D eigenvalue weighted by Crippen LogP contribution is -2.11. The van der Waals surface area contributed by atoms with Crippen molar-refractivity contribution < 1.29 is 14.0 Å². The minimum Gasteiger partial charge on any atom is -0.490 e. The molecule has 0 amide bonds. The topological polar surface area (TPSA) is 75.2 Å². The molecule has 27 heavy (non-hydrogen) atoms. The highest BCUT2D eigenvalue weighted by molar-refractivity contribution is 5.54. The van der Waals surface area contributed by atoms with E-state index in [1.807, 2.05) is 35.8 Å². The molecule has 4 rings (SSSR count). The Kier molecular flexibility index (Phi) is 5.20. The van der Waals surface area contributed by atoms with Gasteiger partial charge in [-0.15, -0.1) is 0 Å². The number of aromatic nitrogens is 4. The highest BCUT2D eigenvalue weighted by Gasteiger charge is 2.20. The van der Waals surface area contributed by atoms with Gasteiger partial charge in [0.2, 0.25) is 0 Å². The second-order valence-corrected chi connectivity index (χ2v) is 6.73. The average Bonchev–Trinajstić information content (AvgIpc) is 3.43. The van der Waals surface area contributed by atoms with Crippen molar-refractivity contribution in [2.45, 2.75) is 51.7 Å². The summed E-state index contributed by atoms with van der Waals surface area (Å²) in [5.41, 5.74) is 2.47. The van der Waals surface area contributed by atoms with Gasteiger partial charge in [-0.3, -0.25) is 4.57 Å². The quantitative estimate of drug-likeness (QED) is 0.628. The predicted molar refractivity (Wildman–Crippen MR) is 99.8 cm³/mol. The van der Waals surface area contributed by atoms with E-state index < -0.39 is 0 Å². The lowest BCUT2D eigenvalue weighted by Gasteiger charge is -2.15. The number of ether oxygens (including phenoxy) is 2. The van der Waals surface area contributed by atoms with E-state index in [1.54, 1.807) is 13.4 Å². The molecule has 0 spiro atoms. The highest BCUT2D eigenvalue weighted by Crippen LogP contribution is 2.28. The Bertz CT molecular complexity index is 896. The molecular formula is C20H24N4O3. The van der Waals surface area contributed by atoms with Crippen LogP contribution in [0, 0.1) is 0 Å². The van der Waals surface area contributed by atoms with Gasteiger partial charge >= 0.3 is 0 Å². The van der Waals surface area contributed by atoms with E-state index >= 15 is 0 Å². The van der Waals surface area contributed by atoms with Crippen LogP contribution in [0.1, 0.15) is 44.1 Å². The van der Waals surface area contributed by atoms with E-state index in [2.05, 4.69) is 15.1 Å². The van der Waals surface area contributed by atoms with Crippen LogP contribution in [0.5, 0.6) is 5.75 Å². The van der Waals surface area contributed by atoms with E-state index in [-0.39, 0.29) is 0 Å². The molecule has 7 nitrogen and oxygen atoms in total. The smallest absolute Gasteiger partial charge is 0.278 e. The minimum absolute atomic E-state index is 0.322. The number of nitrogens with zero attached hydrogens (tertiary/aromatic N) is 4. The maximum absolute atomic E-state index is 6.14. The first-order valence-electron chi connectivity index (χ1n) is 9.43. The maximum Gasteiger partial charge on any atom is 0.278 e. The molecule has 0 unspecified atom stereocenters. The molecule has 0 saturated heterocycles. The third-order valence-electron chi connectivity index (χ3n) is 4.84. The summed E-state index contributed by atoms with van der Waals surface area (Å²) in [6, 6.07) is 8.06. The van der Waals surface area contributed by atoms with Crippen LogP contribution >= 0.6 is 0 Å². The fourth-order valence-corrected chi connectivity index (χ4v) is 3.45. The fraction of sp³-hybridized carbons (Fsp3) is 0.450. The van der Waals surface area contributed by atoms with Crippen LogP contribution in [-0.2, 0) is 17.8 Å². The molecule has 1 saturated carbocycles. The second-order valence-electron chi connectivity index (χ2n) is 6.73. The third kappa shape index (κ3) is 3.73. The Morgan fingerprint density at radius 3 is 2.85 bits per heavy atom. The second kappa shape index (κ2) is 7.92. The van der Waals surface area contributed by atoms with Crippen LogP contribution in [0.2, 0.25) is 0 Å². The molecule has 142 valence electrons. The average molecular weight is 368 g/mol. The van der Waals surface area contributed by atoms with Crippen molar-refractivity contribution in [2.24, 2.45) is 0 Å². The van der Waals surface area contributed by atoms with E-state index in [0.29, 0.717) is 36.5 Å². The number of hydrogen-bond donors (Lipinski definition) is 0. The summed E-state index contributed by atoms with van der Waals surface area (Å²) in [5, 5.41) is 3.97. The zero-order valence-electron chi connectivity index (χ0n) is 15.7. The van der Waals surface area contributed by atoms with Crippen molar-refractivity contribution in [1.82, 2.24) is 19.7 Å². The van der Waals surface area contributed by atoms with Gasteiger partial charge in [-0.2, -0.15) is 4.98 Å². The number of aryl methyl sites for hydroxylation is 1. The van der Waals surface area contributed by atoms with Gasteiger partial charge in [0.1, 0.15) is 12.1 Å². The standard InChI is InChI=1S/C20H24N4O3/c1-3-18-22-20(27-23-18)19-17(12-25-2)24(13-21-19)14-7-6-10-16(11-14)26-15-8-4-5-9-15/h6-7,10-11,13,15H,3-5,8-9,12H2,1-2H3. The van der Waals surface area contributed by atoms with Gasteiger partial charge in [0.05, 0.1) is 24.1 Å². The molecule has 0 N–H and O–H groups in total. The number of hydrogen-bond acceptors (Lipinski definition) is 6. The monoisotopic (exact) mass is 368 g/mol. The zero-order valence-corrected chi connectivity index (χ0v) is 15.7. The van der Waals surface area contributed by atoms with Gasteiger partial charge in [0, 0.05) is 19.6 Å². The van der Waals surface area contributed by atoms with Crippen molar-refractivity contribution in [3.8, 4) is 23.0 Å². The van der Waals surface area contributed by atoms with Gasteiger partial charge < -0.3 is 14.0 Å². The molecule has 0 aliphatic heterocycles. The number of benzene rings is 1. The summed E-state index contributed by atoms with van der Waals surface area (Å²) < 4.78 is 18.9. The molecule has 0 bridgehead atoms. The minimum atomic E-state index is 0.322. The molecule has 1 fully saturated rings. The van der Waals surface area contributed by atoms with Crippen LogP contribution in [0.25, 0.3) is 17.3 Å². The third-order valence-corrected chi connectivity index (χ3v) is 4.84. The summed E-state index contributed by atoms with van der Waals surface area (Å²) in [7, 11) is 1.66. The Balaban J connectivity index is 1.66. The fourth-order valence-electron chi connectivity index (χ4n) is 3.45. The SMILES string of the molecule is CCc1noc(-c2ncn(-c3cccc(OC4CCCC4)c3)c2COC)n1. The van der Waals surface area contributed by atoms with Crippen LogP contribution in [0.3, 0.4) is 0 Å². The van der Waals surface area contributed by atoms with Gasteiger partial charge in [0.15, 0.2) is 11.5 Å². The Morgan fingerprint density at radius 2 is 2.11 bits per heavy atom. The molecular weight excluding hydrogens is 344 g/mol. The first-order valence-corrected chi connectivity index (χ1v) is 9.43.